The molecule has 5 heteroatoms. The first kappa shape index (κ1) is 15.9. The summed E-state index contributed by atoms with van der Waals surface area (Å²) in [5, 5.41) is 3.64. The van der Waals surface area contributed by atoms with Crippen molar-refractivity contribution in [2.24, 2.45) is 0 Å². The number of rotatable bonds is 7. The van der Waals surface area contributed by atoms with Gasteiger partial charge < -0.3 is 10.1 Å². The van der Waals surface area contributed by atoms with Gasteiger partial charge in [-0.05, 0) is 6.42 Å². The van der Waals surface area contributed by atoms with Crippen molar-refractivity contribution in [3.05, 3.63) is 29.7 Å². The highest BCUT2D eigenvalue weighted by atomic mass is 35.5. The van der Waals surface area contributed by atoms with Crippen LogP contribution in [0.3, 0.4) is 0 Å². The van der Waals surface area contributed by atoms with Crippen molar-refractivity contribution < 1.29 is 4.74 Å². The van der Waals surface area contributed by atoms with E-state index in [2.05, 4.69) is 42.6 Å². The summed E-state index contributed by atoms with van der Waals surface area (Å²) in [5.74, 6) is 1.47. The van der Waals surface area contributed by atoms with Crippen LogP contribution in [-0.4, -0.2) is 29.7 Å². The molecular formula is C14H22ClN3O. The second-order valence-corrected chi connectivity index (χ2v) is 5.65. The molecule has 0 fully saturated rings. The van der Waals surface area contributed by atoms with E-state index in [0.29, 0.717) is 24.9 Å². The number of anilines is 1. The molecule has 0 saturated carbocycles. The molecule has 1 aromatic heterocycles. The second kappa shape index (κ2) is 7.46. The number of nitrogens with zero attached hydrogens (tertiary/aromatic N) is 2. The summed E-state index contributed by atoms with van der Waals surface area (Å²) in [7, 11) is 0. The summed E-state index contributed by atoms with van der Waals surface area (Å²) in [6, 6.07) is 1.72. The minimum atomic E-state index is -0.123. The topological polar surface area (TPSA) is 47.0 Å². The molecule has 0 spiro atoms. The summed E-state index contributed by atoms with van der Waals surface area (Å²) in [6.07, 6.45) is 2.71. The van der Waals surface area contributed by atoms with Crippen LogP contribution in [0.5, 0.6) is 0 Å². The van der Waals surface area contributed by atoms with E-state index in [0.717, 1.165) is 18.1 Å². The number of hydrogen-bond donors (Lipinski definition) is 1. The van der Waals surface area contributed by atoms with E-state index >= 15 is 0 Å². The molecule has 0 atom stereocenters. The first-order valence-corrected chi connectivity index (χ1v) is 6.79. The van der Waals surface area contributed by atoms with E-state index < -0.39 is 0 Å². The Morgan fingerprint density at radius 3 is 2.74 bits per heavy atom. The SMILES string of the molecule is C=CCCOCCNc1cc(Cl)nc(C(C)(C)C)n1. The van der Waals surface area contributed by atoms with Gasteiger partial charge in [-0.25, -0.2) is 9.97 Å². The average molecular weight is 284 g/mol. The first-order valence-electron chi connectivity index (χ1n) is 6.41. The summed E-state index contributed by atoms with van der Waals surface area (Å²) in [4.78, 5) is 8.71. The summed E-state index contributed by atoms with van der Waals surface area (Å²) < 4.78 is 5.41. The highest BCUT2D eigenvalue weighted by Gasteiger charge is 2.18. The van der Waals surface area contributed by atoms with Gasteiger partial charge in [0.2, 0.25) is 0 Å². The molecule has 1 aromatic rings. The number of hydrogen-bond acceptors (Lipinski definition) is 4. The Bertz CT molecular complexity index is 416. The second-order valence-electron chi connectivity index (χ2n) is 5.27. The van der Waals surface area contributed by atoms with Crippen LogP contribution in [-0.2, 0) is 10.2 Å². The van der Waals surface area contributed by atoms with Crippen LogP contribution in [0.1, 0.15) is 33.0 Å². The fourth-order valence-electron chi connectivity index (χ4n) is 1.36. The van der Waals surface area contributed by atoms with E-state index in [9.17, 15) is 0 Å². The molecule has 19 heavy (non-hydrogen) atoms. The molecule has 0 aromatic carbocycles. The summed E-state index contributed by atoms with van der Waals surface area (Å²) in [6.45, 7) is 11.8. The van der Waals surface area contributed by atoms with Crippen LogP contribution in [0, 0.1) is 0 Å². The smallest absolute Gasteiger partial charge is 0.137 e. The summed E-state index contributed by atoms with van der Waals surface area (Å²) >= 11 is 6.00. The average Bonchev–Trinajstić information content (AvgIpc) is 2.32. The van der Waals surface area contributed by atoms with Gasteiger partial charge in [-0.1, -0.05) is 38.4 Å². The van der Waals surface area contributed by atoms with Gasteiger partial charge in [0.05, 0.1) is 13.2 Å². The van der Waals surface area contributed by atoms with E-state index in [1.165, 1.54) is 0 Å². The van der Waals surface area contributed by atoms with E-state index in [1.807, 2.05) is 6.08 Å². The Balaban J connectivity index is 2.50. The van der Waals surface area contributed by atoms with Gasteiger partial charge in [0, 0.05) is 18.0 Å². The Kier molecular flexibility index (Phi) is 6.25. The zero-order valence-corrected chi connectivity index (χ0v) is 12.6. The Labute approximate surface area is 120 Å². The lowest BCUT2D eigenvalue weighted by molar-refractivity contribution is 0.149. The monoisotopic (exact) mass is 283 g/mol. The number of aromatic nitrogens is 2. The minimum Gasteiger partial charge on any atom is -0.379 e. The first-order chi connectivity index (χ1) is 8.93. The van der Waals surface area contributed by atoms with Gasteiger partial charge in [0.1, 0.15) is 16.8 Å². The largest absolute Gasteiger partial charge is 0.379 e. The van der Waals surface area contributed by atoms with Gasteiger partial charge in [-0.3, -0.25) is 0 Å². The standard InChI is InChI=1S/C14H22ClN3O/c1-5-6-8-19-9-7-16-12-10-11(15)17-13(18-12)14(2,3)4/h5,10H,1,6-9H2,2-4H3,(H,16,17,18). The van der Waals surface area contributed by atoms with Crippen LogP contribution < -0.4 is 5.32 Å². The highest BCUT2D eigenvalue weighted by Crippen LogP contribution is 2.22. The fraction of sp³-hybridized carbons (Fsp3) is 0.571. The van der Waals surface area contributed by atoms with Crippen molar-refractivity contribution in [3.63, 3.8) is 0 Å². The molecule has 0 radical (unpaired) electrons. The van der Waals surface area contributed by atoms with Gasteiger partial charge in [-0.2, -0.15) is 0 Å². The molecule has 1 N–H and O–H groups in total. The quantitative estimate of drug-likeness (QED) is 0.473. The van der Waals surface area contributed by atoms with Crippen LogP contribution in [0.2, 0.25) is 5.15 Å². The Hall–Kier alpha value is -1.13. The van der Waals surface area contributed by atoms with Crippen molar-refractivity contribution in [1.29, 1.82) is 0 Å². The molecule has 0 aliphatic heterocycles. The van der Waals surface area contributed by atoms with Crippen LogP contribution >= 0.6 is 11.6 Å². The molecule has 0 unspecified atom stereocenters. The predicted octanol–water partition coefficient (Wildman–Crippen LogP) is 3.43. The van der Waals surface area contributed by atoms with Crippen molar-refractivity contribution >= 4 is 17.4 Å². The van der Waals surface area contributed by atoms with E-state index in [-0.39, 0.29) is 5.41 Å². The Morgan fingerprint density at radius 2 is 2.11 bits per heavy atom. The number of ether oxygens (including phenoxy) is 1. The predicted molar refractivity (Wildman–Crippen MR) is 79.9 cm³/mol. The number of nitrogens with one attached hydrogen (secondary N) is 1. The van der Waals surface area contributed by atoms with Crippen molar-refractivity contribution in [2.45, 2.75) is 32.6 Å². The van der Waals surface area contributed by atoms with E-state index in [4.69, 9.17) is 16.3 Å². The maximum Gasteiger partial charge on any atom is 0.137 e. The molecule has 4 nitrogen and oxygen atoms in total. The van der Waals surface area contributed by atoms with Crippen LogP contribution in [0.4, 0.5) is 5.82 Å². The van der Waals surface area contributed by atoms with Crippen LogP contribution in [0.15, 0.2) is 18.7 Å². The lowest BCUT2D eigenvalue weighted by Gasteiger charge is -2.17. The van der Waals surface area contributed by atoms with Crippen molar-refractivity contribution in [3.8, 4) is 0 Å². The third-order valence-corrected chi connectivity index (χ3v) is 2.58. The minimum absolute atomic E-state index is 0.123. The van der Waals surface area contributed by atoms with Gasteiger partial charge in [0.25, 0.3) is 0 Å². The number of halogens is 1. The molecule has 0 aliphatic carbocycles. The lowest BCUT2D eigenvalue weighted by atomic mass is 9.96. The molecule has 0 bridgehead atoms. The van der Waals surface area contributed by atoms with Gasteiger partial charge in [-0.15, -0.1) is 6.58 Å². The highest BCUT2D eigenvalue weighted by molar-refractivity contribution is 6.29. The van der Waals surface area contributed by atoms with Crippen molar-refractivity contribution in [1.82, 2.24) is 9.97 Å². The fourth-order valence-corrected chi connectivity index (χ4v) is 1.55. The molecule has 1 rings (SSSR count). The van der Waals surface area contributed by atoms with Gasteiger partial charge in [0.15, 0.2) is 0 Å². The zero-order chi connectivity index (χ0) is 14.3. The van der Waals surface area contributed by atoms with Crippen LogP contribution in [0.25, 0.3) is 0 Å². The van der Waals surface area contributed by atoms with E-state index in [1.54, 1.807) is 6.07 Å². The lowest BCUT2D eigenvalue weighted by Crippen LogP contribution is -2.18. The molecule has 0 saturated heterocycles. The summed E-state index contributed by atoms with van der Waals surface area (Å²) in [5.41, 5.74) is -0.123. The molecule has 1 heterocycles. The molecule has 0 amide bonds. The third kappa shape index (κ3) is 6.03. The molecule has 0 aliphatic rings. The zero-order valence-electron chi connectivity index (χ0n) is 11.9. The molecule has 106 valence electrons. The maximum atomic E-state index is 6.00. The van der Waals surface area contributed by atoms with Crippen molar-refractivity contribution in [2.75, 3.05) is 25.1 Å². The van der Waals surface area contributed by atoms with Gasteiger partial charge >= 0.3 is 0 Å². The third-order valence-electron chi connectivity index (χ3n) is 2.38. The normalized spacial score (nSPS) is 11.4. The maximum absolute atomic E-state index is 6.00. The molecular weight excluding hydrogens is 262 g/mol. The Morgan fingerprint density at radius 1 is 1.37 bits per heavy atom.